The Balaban J connectivity index is 1.76. The van der Waals surface area contributed by atoms with Gasteiger partial charge in [0.2, 0.25) is 5.91 Å². The molecule has 4 nitrogen and oxygen atoms in total. The van der Waals surface area contributed by atoms with Crippen LogP contribution in [0.15, 0.2) is 12.1 Å². The highest BCUT2D eigenvalue weighted by Crippen LogP contribution is 2.33. The molecule has 1 aromatic rings. The molecule has 4 N–H and O–H groups in total. The van der Waals surface area contributed by atoms with Crippen molar-refractivity contribution in [3.63, 3.8) is 0 Å². The van der Waals surface area contributed by atoms with Crippen molar-refractivity contribution >= 4 is 23.0 Å². The van der Waals surface area contributed by atoms with Crippen LogP contribution in [0.3, 0.4) is 0 Å². The van der Waals surface area contributed by atoms with Gasteiger partial charge in [0.25, 0.3) is 0 Å². The molecule has 0 atom stereocenters. The second kappa shape index (κ2) is 5.35. The molecule has 1 aliphatic heterocycles. The average molecular weight is 273 g/mol. The van der Waals surface area contributed by atoms with Gasteiger partial charge in [0.15, 0.2) is 0 Å². The molecule has 1 aromatic carbocycles. The lowest BCUT2D eigenvalue weighted by Gasteiger charge is -2.29. The van der Waals surface area contributed by atoms with Gasteiger partial charge in [-0.15, -0.1) is 0 Å². The first-order valence-electron chi connectivity index (χ1n) is 7.60. The quantitative estimate of drug-likeness (QED) is 0.725. The molecule has 0 unspecified atom stereocenters. The SMILES string of the molecule is CC1CCC(Nc2cc3c(cc2N)CCC(=O)N3)CC1. The Labute approximate surface area is 120 Å². The maximum absolute atomic E-state index is 11.5. The van der Waals surface area contributed by atoms with Gasteiger partial charge in [-0.05, 0) is 55.7 Å². The third kappa shape index (κ3) is 2.74. The summed E-state index contributed by atoms with van der Waals surface area (Å²) in [7, 11) is 0. The zero-order valence-electron chi connectivity index (χ0n) is 12.0. The number of aryl methyl sites for hydroxylation is 1. The first kappa shape index (κ1) is 13.3. The highest BCUT2D eigenvalue weighted by molar-refractivity contribution is 5.95. The molecule has 1 saturated carbocycles. The number of carbonyl (C=O) groups excluding carboxylic acids is 1. The Bertz CT molecular complexity index is 519. The molecule has 20 heavy (non-hydrogen) atoms. The van der Waals surface area contributed by atoms with Gasteiger partial charge in [-0.1, -0.05) is 6.92 Å². The van der Waals surface area contributed by atoms with Gasteiger partial charge in [-0.2, -0.15) is 0 Å². The van der Waals surface area contributed by atoms with Gasteiger partial charge >= 0.3 is 0 Å². The fourth-order valence-corrected chi connectivity index (χ4v) is 3.20. The molecular weight excluding hydrogens is 250 g/mol. The van der Waals surface area contributed by atoms with E-state index in [4.69, 9.17) is 5.73 Å². The molecule has 3 rings (SSSR count). The normalized spacial score (nSPS) is 25.8. The fraction of sp³-hybridized carbons (Fsp3) is 0.562. The summed E-state index contributed by atoms with van der Waals surface area (Å²) in [6.45, 7) is 2.32. The molecule has 0 bridgehead atoms. The van der Waals surface area contributed by atoms with Crippen LogP contribution >= 0.6 is 0 Å². The molecule has 1 heterocycles. The smallest absolute Gasteiger partial charge is 0.224 e. The van der Waals surface area contributed by atoms with Crippen molar-refractivity contribution < 1.29 is 4.79 Å². The maximum Gasteiger partial charge on any atom is 0.224 e. The van der Waals surface area contributed by atoms with Gasteiger partial charge in [-0.25, -0.2) is 0 Å². The number of amides is 1. The molecule has 2 aliphatic rings. The van der Waals surface area contributed by atoms with Crippen LogP contribution in [0.5, 0.6) is 0 Å². The lowest BCUT2D eigenvalue weighted by Crippen LogP contribution is -2.26. The first-order valence-corrected chi connectivity index (χ1v) is 7.60. The minimum Gasteiger partial charge on any atom is -0.397 e. The predicted octanol–water partition coefficient (Wildman–Crippen LogP) is 3.14. The number of hydrogen-bond donors (Lipinski definition) is 3. The average Bonchev–Trinajstić information content (AvgIpc) is 2.42. The number of anilines is 3. The monoisotopic (exact) mass is 273 g/mol. The standard InChI is InChI=1S/C16H23N3O/c1-10-2-5-12(6-3-10)18-15-9-14-11(8-13(15)17)4-7-16(20)19-14/h8-10,12,18H,2-7,17H2,1H3,(H,19,20). The van der Waals surface area contributed by atoms with E-state index in [2.05, 4.69) is 17.6 Å². The van der Waals surface area contributed by atoms with Crippen molar-refractivity contribution in [2.75, 3.05) is 16.4 Å². The topological polar surface area (TPSA) is 67.1 Å². The summed E-state index contributed by atoms with van der Waals surface area (Å²) < 4.78 is 0. The molecule has 0 spiro atoms. The highest BCUT2D eigenvalue weighted by Gasteiger charge is 2.21. The van der Waals surface area contributed by atoms with Crippen molar-refractivity contribution in [2.24, 2.45) is 5.92 Å². The van der Waals surface area contributed by atoms with E-state index in [9.17, 15) is 4.79 Å². The molecule has 108 valence electrons. The Morgan fingerprint density at radius 3 is 2.70 bits per heavy atom. The van der Waals surface area contributed by atoms with Crippen molar-refractivity contribution in [3.8, 4) is 0 Å². The van der Waals surface area contributed by atoms with E-state index in [1.807, 2.05) is 12.1 Å². The summed E-state index contributed by atoms with van der Waals surface area (Å²) >= 11 is 0. The van der Waals surface area contributed by atoms with Gasteiger partial charge in [0.05, 0.1) is 11.4 Å². The van der Waals surface area contributed by atoms with E-state index >= 15 is 0 Å². The summed E-state index contributed by atoms with van der Waals surface area (Å²) in [5, 5.41) is 6.50. The fourth-order valence-electron chi connectivity index (χ4n) is 3.20. The molecule has 1 aliphatic carbocycles. The van der Waals surface area contributed by atoms with Crippen molar-refractivity contribution in [2.45, 2.75) is 51.5 Å². The molecule has 1 amide bonds. The first-order chi connectivity index (χ1) is 9.61. The van der Waals surface area contributed by atoms with E-state index in [1.54, 1.807) is 0 Å². The second-order valence-electron chi connectivity index (χ2n) is 6.25. The molecule has 0 saturated heterocycles. The van der Waals surface area contributed by atoms with Crippen LogP contribution in [0.4, 0.5) is 17.1 Å². The van der Waals surface area contributed by atoms with Crippen LogP contribution in [0.25, 0.3) is 0 Å². The van der Waals surface area contributed by atoms with E-state index in [0.29, 0.717) is 12.5 Å². The molecule has 0 aromatic heterocycles. The Morgan fingerprint density at radius 1 is 1.20 bits per heavy atom. The number of fused-ring (bicyclic) bond motifs is 1. The van der Waals surface area contributed by atoms with E-state index in [-0.39, 0.29) is 5.91 Å². The molecular formula is C16H23N3O. The van der Waals surface area contributed by atoms with Crippen LogP contribution in [0.1, 0.15) is 44.6 Å². The molecule has 0 radical (unpaired) electrons. The summed E-state index contributed by atoms with van der Waals surface area (Å²) in [6.07, 6.45) is 6.29. The van der Waals surface area contributed by atoms with Crippen molar-refractivity contribution in [1.29, 1.82) is 0 Å². The van der Waals surface area contributed by atoms with E-state index in [0.717, 1.165) is 35.0 Å². The minimum absolute atomic E-state index is 0.0970. The van der Waals surface area contributed by atoms with E-state index < -0.39 is 0 Å². The summed E-state index contributed by atoms with van der Waals surface area (Å²) in [6, 6.07) is 4.51. The Morgan fingerprint density at radius 2 is 1.95 bits per heavy atom. The van der Waals surface area contributed by atoms with Gasteiger partial charge < -0.3 is 16.4 Å². The number of nitrogens with two attached hydrogens (primary N) is 1. The second-order valence-corrected chi connectivity index (χ2v) is 6.25. The number of rotatable bonds is 2. The lowest BCUT2D eigenvalue weighted by molar-refractivity contribution is -0.116. The highest BCUT2D eigenvalue weighted by atomic mass is 16.1. The summed E-state index contributed by atoms with van der Waals surface area (Å²) in [5.41, 5.74) is 9.96. The van der Waals surface area contributed by atoms with Crippen LogP contribution in [0, 0.1) is 5.92 Å². The number of benzene rings is 1. The van der Waals surface area contributed by atoms with Gasteiger partial charge in [0.1, 0.15) is 0 Å². The van der Waals surface area contributed by atoms with Gasteiger partial charge in [0, 0.05) is 18.2 Å². The minimum atomic E-state index is 0.0970. The number of nitrogens with one attached hydrogen (secondary N) is 2. The summed E-state index contributed by atoms with van der Waals surface area (Å²) in [5.74, 6) is 0.938. The van der Waals surface area contributed by atoms with Crippen LogP contribution in [0.2, 0.25) is 0 Å². The Hall–Kier alpha value is -1.71. The van der Waals surface area contributed by atoms with Crippen LogP contribution in [-0.2, 0) is 11.2 Å². The molecule has 1 fully saturated rings. The molecule has 4 heteroatoms. The van der Waals surface area contributed by atoms with Crippen molar-refractivity contribution in [3.05, 3.63) is 17.7 Å². The van der Waals surface area contributed by atoms with Crippen LogP contribution < -0.4 is 16.4 Å². The lowest BCUT2D eigenvalue weighted by atomic mass is 9.87. The van der Waals surface area contributed by atoms with Crippen molar-refractivity contribution in [1.82, 2.24) is 0 Å². The number of hydrogen-bond acceptors (Lipinski definition) is 3. The predicted molar refractivity (Wildman–Crippen MR) is 82.8 cm³/mol. The van der Waals surface area contributed by atoms with Crippen LogP contribution in [-0.4, -0.2) is 11.9 Å². The number of nitrogen functional groups attached to an aromatic ring is 1. The van der Waals surface area contributed by atoms with Gasteiger partial charge in [-0.3, -0.25) is 4.79 Å². The zero-order chi connectivity index (χ0) is 14.1. The third-order valence-electron chi connectivity index (χ3n) is 4.55. The summed E-state index contributed by atoms with van der Waals surface area (Å²) in [4.78, 5) is 11.5. The largest absolute Gasteiger partial charge is 0.397 e. The van der Waals surface area contributed by atoms with E-state index in [1.165, 1.54) is 25.7 Å². The third-order valence-corrected chi connectivity index (χ3v) is 4.55. The maximum atomic E-state index is 11.5. The number of carbonyl (C=O) groups is 1. The zero-order valence-corrected chi connectivity index (χ0v) is 12.0. The Kier molecular flexibility index (Phi) is 3.55.